The Morgan fingerprint density at radius 2 is 2.22 bits per heavy atom. The third-order valence-electron chi connectivity index (χ3n) is 2.70. The second-order valence-corrected chi connectivity index (χ2v) is 5.75. The molecule has 0 radical (unpaired) electrons. The molecule has 0 aromatic carbocycles. The van der Waals surface area contributed by atoms with Crippen molar-refractivity contribution >= 4 is 28.3 Å². The highest BCUT2D eigenvalue weighted by Gasteiger charge is 2.21. The van der Waals surface area contributed by atoms with Crippen molar-refractivity contribution in [2.45, 2.75) is 26.7 Å². The summed E-state index contributed by atoms with van der Waals surface area (Å²) in [6, 6.07) is 0. The Balaban J connectivity index is 2.66. The molecular formula is C11H20N4O2S. The van der Waals surface area contributed by atoms with E-state index in [0.717, 1.165) is 24.4 Å². The Kier molecular flexibility index (Phi) is 4.92. The lowest BCUT2D eigenvalue weighted by atomic mass is 9.88. The summed E-state index contributed by atoms with van der Waals surface area (Å²) in [6.07, 6.45) is 1.64. The van der Waals surface area contributed by atoms with E-state index in [-0.39, 0.29) is 23.4 Å². The van der Waals surface area contributed by atoms with Crippen LogP contribution in [0.15, 0.2) is 0 Å². The maximum atomic E-state index is 11.2. The molecule has 18 heavy (non-hydrogen) atoms. The lowest BCUT2D eigenvalue weighted by Gasteiger charge is -2.24. The number of carbonyl (C=O) groups is 1. The van der Waals surface area contributed by atoms with Crippen LogP contribution in [0.25, 0.3) is 0 Å². The zero-order valence-corrected chi connectivity index (χ0v) is 11.5. The van der Waals surface area contributed by atoms with E-state index in [1.807, 2.05) is 0 Å². The molecule has 0 fully saturated rings. The second-order valence-electron chi connectivity index (χ2n) is 4.98. The smallest absolute Gasteiger partial charge is 0.255 e. The molecule has 0 saturated heterocycles. The number of aliphatic hydroxyl groups is 1. The number of rotatable bonds is 7. The van der Waals surface area contributed by atoms with Crippen LogP contribution in [0.3, 0.4) is 0 Å². The number of anilines is 2. The third kappa shape index (κ3) is 3.85. The molecule has 0 bridgehead atoms. The van der Waals surface area contributed by atoms with Gasteiger partial charge in [0.25, 0.3) is 5.91 Å². The van der Waals surface area contributed by atoms with E-state index in [4.69, 9.17) is 16.6 Å². The van der Waals surface area contributed by atoms with Crippen LogP contribution in [0.5, 0.6) is 0 Å². The van der Waals surface area contributed by atoms with Crippen LogP contribution in [-0.4, -0.2) is 28.5 Å². The van der Waals surface area contributed by atoms with Crippen molar-refractivity contribution in [2.24, 2.45) is 11.1 Å². The van der Waals surface area contributed by atoms with Crippen LogP contribution in [-0.2, 0) is 0 Å². The lowest BCUT2D eigenvalue weighted by Crippen LogP contribution is -2.24. The SMILES string of the molecule is CC(C)(CCCO)CNc1snc(N)c1C(N)=O. The maximum absolute atomic E-state index is 11.2. The van der Waals surface area contributed by atoms with Crippen molar-refractivity contribution in [3.05, 3.63) is 5.56 Å². The number of carbonyl (C=O) groups excluding carboxylic acids is 1. The Bertz CT molecular complexity index is 417. The van der Waals surface area contributed by atoms with Gasteiger partial charge in [0, 0.05) is 13.2 Å². The predicted molar refractivity (Wildman–Crippen MR) is 73.6 cm³/mol. The zero-order valence-electron chi connectivity index (χ0n) is 10.7. The maximum Gasteiger partial charge on any atom is 0.255 e. The first kappa shape index (κ1) is 14.7. The number of aliphatic hydroxyl groups excluding tert-OH is 1. The van der Waals surface area contributed by atoms with Crippen LogP contribution < -0.4 is 16.8 Å². The summed E-state index contributed by atoms with van der Waals surface area (Å²) in [6.45, 7) is 5.02. The highest BCUT2D eigenvalue weighted by atomic mass is 32.1. The average Bonchev–Trinajstić information content (AvgIpc) is 2.65. The van der Waals surface area contributed by atoms with E-state index in [2.05, 4.69) is 23.5 Å². The predicted octanol–water partition coefficient (Wildman–Crippen LogP) is 1.03. The quantitative estimate of drug-likeness (QED) is 0.592. The van der Waals surface area contributed by atoms with Crippen LogP contribution in [0.4, 0.5) is 10.8 Å². The number of nitrogens with two attached hydrogens (primary N) is 2. The third-order valence-corrected chi connectivity index (χ3v) is 3.52. The first-order valence-electron chi connectivity index (χ1n) is 5.77. The van der Waals surface area contributed by atoms with E-state index in [1.165, 1.54) is 0 Å². The number of nitrogens with zero attached hydrogens (tertiary/aromatic N) is 1. The average molecular weight is 272 g/mol. The number of amides is 1. The van der Waals surface area contributed by atoms with E-state index in [1.54, 1.807) is 0 Å². The molecule has 102 valence electrons. The fourth-order valence-corrected chi connectivity index (χ4v) is 2.34. The Hall–Kier alpha value is -1.34. The number of nitrogens with one attached hydrogen (secondary N) is 1. The van der Waals surface area contributed by atoms with Gasteiger partial charge in [-0.3, -0.25) is 4.79 Å². The van der Waals surface area contributed by atoms with Gasteiger partial charge in [-0.25, -0.2) is 0 Å². The minimum Gasteiger partial charge on any atom is -0.396 e. The Morgan fingerprint density at radius 3 is 2.78 bits per heavy atom. The van der Waals surface area contributed by atoms with E-state index in [9.17, 15) is 4.79 Å². The molecule has 6 N–H and O–H groups in total. The van der Waals surface area contributed by atoms with Crippen LogP contribution in [0, 0.1) is 5.41 Å². The van der Waals surface area contributed by atoms with Gasteiger partial charge < -0.3 is 21.9 Å². The van der Waals surface area contributed by atoms with Crippen molar-refractivity contribution < 1.29 is 9.90 Å². The van der Waals surface area contributed by atoms with Crippen LogP contribution in [0.2, 0.25) is 0 Å². The van der Waals surface area contributed by atoms with Gasteiger partial charge in [0.1, 0.15) is 10.6 Å². The van der Waals surface area contributed by atoms with Gasteiger partial charge in [-0.15, -0.1) is 0 Å². The Morgan fingerprint density at radius 1 is 1.56 bits per heavy atom. The summed E-state index contributed by atoms with van der Waals surface area (Å²) < 4.78 is 3.92. The Labute approximate surface area is 111 Å². The molecule has 1 heterocycles. The number of hydrogen-bond donors (Lipinski definition) is 4. The monoisotopic (exact) mass is 272 g/mol. The van der Waals surface area contributed by atoms with Gasteiger partial charge in [0.2, 0.25) is 0 Å². The van der Waals surface area contributed by atoms with Crippen LogP contribution >= 0.6 is 11.5 Å². The van der Waals surface area contributed by atoms with Crippen LogP contribution in [0.1, 0.15) is 37.0 Å². The summed E-state index contributed by atoms with van der Waals surface area (Å²) in [5.74, 6) is -0.403. The first-order chi connectivity index (χ1) is 8.37. The molecule has 0 spiro atoms. The number of hydrogen-bond acceptors (Lipinski definition) is 6. The van der Waals surface area contributed by atoms with Gasteiger partial charge in [0.05, 0.1) is 0 Å². The molecule has 0 unspecified atom stereocenters. The molecule has 1 aromatic rings. The summed E-state index contributed by atoms with van der Waals surface area (Å²) in [5.41, 5.74) is 11.1. The topological polar surface area (TPSA) is 114 Å². The molecule has 1 amide bonds. The highest BCUT2D eigenvalue weighted by molar-refractivity contribution is 7.11. The van der Waals surface area contributed by atoms with E-state index in [0.29, 0.717) is 11.5 Å². The summed E-state index contributed by atoms with van der Waals surface area (Å²) >= 11 is 1.13. The zero-order chi connectivity index (χ0) is 13.8. The van der Waals surface area contributed by atoms with Gasteiger partial charge in [-0.1, -0.05) is 13.8 Å². The standard InChI is InChI=1S/C11H20N4O2S/c1-11(2,4-3-5-16)6-14-10-7(9(13)17)8(12)15-18-10/h14,16H,3-6H2,1-2H3,(H2,12,15)(H2,13,17). The van der Waals surface area contributed by atoms with Crippen molar-refractivity contribution in [1.29, 1.82) is 0 Å². The summed E-state index contributed by atoms with van der Waals surface area (Å²) in [5, 5.41) is 12.6. The first-order valence-corrected chi connectivity index (χ1v) is 6.54. The van der Waals surface area contributed by atoms with Gasteiger partial charge >= 0.3 is 0 Å². The highest BCUT2D eigenvalue weighted by Crippen LogP contribution is 2.29. The molecule has 0 aliphatic rings. The summed E-state index contributed by atoms with van der Waals surface area (Å²) in [4.78, 5) is 11.2. The number of aromatic nitrogens is 1. The van der Waals surface area contributed by atoms with Crippen molar-refractivity contribution in [1.82, 2.24) is 4.37 Å². The normalized spacial score (nSPS) is 11.5. The molecule has 0 aliphatic carbocycles. The molecule has 1 aromatic heterocycles. The number of primary amides is 1. The van der Waals surface area contributed by atoms with Crippen molar-refractivity contribution in [3.63, 3.8) is 0 Å². The molecular weight excluding hydrogens is 252 g/mol. The fraction of sp³-hybridized carbons (Fsp3) is 0.636. The van der Waals surface area contributed by atoms with E-state index < -0.39 is 5.91 Å². The van der Waals surface area contributed by atoms with Gasteiger partial charge in [-0.2, -0.15) is 4.37 Å². The minimum atomic E-state index is -0.572. The molecule has 7 heteroatoms. The largest absolute Gasteiger partial charge is 0.396 e. The second kappa shape index (κ2) is 6.01. The molecule has 6 nitrogen and oxygen atoms in total. The van der Waals surface area contributed by atoms with Crippen molar-refractivity contribution in [3.8, 4) is 0 Å². The molecule has 1 rings (SSSR count). The molecule has 0 saturated carbocycles. The minimum absolute atomic E-state index is 0.0103. The van der Waals surface area contributed by atoms with Crippen molar-refractivity contribution in [2.75, 3.05) is 24.2 Å². The molecule has 0 aliphatic heterocycles. The number of nitrogen functional groups attached to an aromatic ring is 1. The van der Waals surface area contributed by atoms with E-state index >= 15 is 0 Å². The molecule has 0 atom stereocenters. The fourth-order valence-electron chi connectivity index (χ4n) is 1.63. The summed E-state index contributed by atoms with van der Waals surface area (Å²) in [7, 11) is 0. The lowest BCUT2D eigenvalue weighted by molar-refractivity contribution is 0.100. The van der Waals surface area contributed by atoms with Gasteiger partial charge in [-0.05, 0) is 29.8 Å². The van der Waals surface area contributed by atoms with Gasteiger partial charge in [0.15, 0.2) is 5.82 Å².